The van der Waals surface area contributed by atoms with Gasteiger partial charge in [0.2, 0.25) is 0 Å². The average molecular weight is 261 g/mol. The minimum Gasteiger partial charge on any atom is -0.267 e. The van der Waals surface area contributed by atoms with Gasteiger partial charge in [0.25, 0.3) is 5.56 Å². The Morgan fingerprint density at radius 2 is 1.95 bits per heavy atom. The van der Waals surface area contributed by atoms with Crippen LogP contribution >= 0.6 is 0 Å². The van der Waals surface area contributed by atoms with Gasteiger partial charge in [-0.1, -0.05) is 6.07 Å². The predicted octanol–water partition coefficient (Wildman–Crippen LogP) is 2.58. The zero-order valence-corrected chi connectivity index (χ0v) is 11.4. The van der Waals surface area contributed by atoms with Crippen molar-refractivity contribution in [1.82, 2.24) is 14.8 Å². The average Bonchev–Trinajstić information content (AvgIpc) is 2.33. The highest BCUT2D eigenvalue weighted by Crippen LogP contribution is 2.17. The number of pyridine rings is 1. The topological polar surface area (TPSA) is 47.8 Å². The molecule has 0 aliphatic heterocycles. The SMILES string of the molecule is Cc1cnc(-n2ncc(C(C)F)c(C)c2=O)c(C)c1. The maximum Gasteiger partial charge on any atom is 0.276 e. The van der Waals surface area contributed by atoms with Crippen LogP contribution in [0.15, 0.2) is 23.3 Å². The summed E-state index contributed by atoms with van der Waals surface area (Å²) in [5.41, 5.74) is 2.23. The lowest BCUT2D eigenvalue weighted by Gasteiger charge is -2.11. The van der Waals surface area contributed by atoms with Crippen LogP contribution in [0, 0.1) is 20.8 Å². The van der Waals surface area contributed by atoms with Crippen molar-refractivity contribution < 1.29 is 4.39 Å². The molecule has 2 aromatic heterocycles. The molecule has 2 heterocycles. The molecule has 1 atom stereocenters. The number of aryl methyl sites for hydroxylation is 2. The molecule has 0 spiro atoms. The van der Waals surface area contributed by atoms with E-state index >= 15 is 0 Å². The van der Waals surface area contributed by atoms with Gasteiger partial charge < -0.3 is 0 Å². The summed E-state index contributed by atoms with van der Waals surface area (Å²) in [4.78, 5) is 16.5. The maximum absolute atomic E-state index is 13.3. The van der Waals surface area contributed by atoms with E-state index in [9.17, 15) is 9.18 Å². The first-order valence-corrected chi connectivity index (χ1v) is 6.08. The molecule has 0 aliphatic carbocycles. The molecule has 19 heavy (non-hydrogen) atoms. The third-order valence-corrected chi connectivity index (χ3v) is 3.08. The van der Waals surface area contributed by atoms with Crippen molar-refractivity contribution in [2.75, 3.05) is 0 Å². The Hall–Kier alpha value is -2.04. The van der Waals surface area contributed by atoms with Crippen molar-refractivity contribution in [2.24, 2.45) is 0 Å². The van der Waals surface area contributed by atoms with Gasteiger partial charge in [-0.3, -0.25) is 4.79 Å². The van der Waals surface area contributed by atoms with Crippen molar-refractivity contribution in [3.63, 3.8) is 0 Å². The van der Waals surface area contributed by atoms with Crippen molar-refractivity contribution in [3.8, 4) is 5.82 Å². The second kappa shape index (κ2) is 4.91. The molecule has 0 saturated carbocycles. The van der Waals surface area contributed by atoms with Crippen molar-refractivity contribution in [2.45, 2.75) is 33.9 Å². The maximum atomic E-state index is 13.3. The summed E-state index contributed by atoms with van der Waals surface area (Å²) >= 11 is 0. The lowest BCUT2D eigenvalue weighted by Crippen LogP contribution is -2.26. The van der Waals surface area contributed by atoms with Gasteiger partial charge in [-0.2, -0.15) is 9.78 Å². The number of halogens is 1. The van der Waals surface area contributed by atoms with Crippen LogP contribution in [0.4, 0.5) is 4.39 Å². The largest absolute Gasteiger partial charge is 0.276 e. The number of rotatable bonds is 2. The van der Waals surface area contributed by atoms with Crippen LogP contribution in [0.2, 0.25) is 0 Å². The molecule has 0 N–H and O–H groups in total. The fourth-order valence-electron chi connectivity index (χ4n) is 2.03. The second-order valence-electron chi connectivity index (χ2n) is 4.71. The third-order valence-electron chi connectivity index (χ3n) is 3.08. The van der Waals surface area contributed by atoms with Crippen LogP contribution in [0.25, 0.3) is 5.82 Å². The number of nitrogens with zero attached hydrogens (tertiary/aromatic N) is 3. The summed E-state index contributed by atoms with van der Waals surface area (Å²) in [5.74, 6) is 0.483. The highest BCUT2D eigenvalue weighted by molar-refractivity contribution is 5.35. The third kappa shape index (κ3) is 2.41. The van der Waals surface area contributed by atoms with Crippen LogP contribution < -0.4 is 5.56 Å². The molecule has 0 radical (unpaired) electrons. The minimum absolute atomic E-state index is 0.325. The second-order valence-corrected chi connectivity index (χ2v) is 4.71. The van der Waals surface area contributed by atoms with Crippen LogP contribution in [0.3, 0.4) is 0 Å². The van der Waals surface area contributed by atoms with Crippen molar-refractivity contribution in [1.29, 1.82) is 0 Å². The minimum atomic E-state index is -1.21. The van der Waals surface area contributed by atoms with Crippen LogP contribution in [0.5, 0.6) is 0 Å². The molecule has 5 heteroatoms. The number of hydrogen-bond acceptors (Lipinski definition) is 3. The smallest absolute Gasteiger partial charge is 0.267 e. The van der Waals surface area contributed by atoms with Crippen LogP contribution in [0.1, 0.15) is 35.3 Å². The molecular weight excluding hydrogens is 245 g/mol. The first kappa shape index (κ1) is 13.4. The number of hydrogen-bond donors (Lipinski definition) is 0. The fourth-order valence-corrected chi connectivity index (χ4v) is 2.03. The number of aromatic nitrogens is 3. The van der Waals surface area contributed by atoms with Crippen molar-refractivity contribution >= 4 is 0 Å². The summed E-state index contributed by atoms with van der Waals surface area (Å²) in [5, 5.41) is 4.02. The Bertz CT molecular complexity index is 677. The molecule has 100 valence electrons. The molecule has 2 aromatic rings. The Kier molecular flexibility index (Phi) is 3.46. The first-order chi connectivity index (χ1) is 8.91. The quantitative estimate of drug-likeness (QED) is 0.834. The summed E-state index contributed by atoms with van der Waals surface area (Å²) in [6.45, 7) is 6.79. The van der Waals surface area contributed by atoms with E-state index in [1.165, 1.54) is 17.8 Å². The fraction of sp³-hybridized carbons (Fsp3) is 0.357. The highest BCUT2D eigenvalue weighted by atomic mass is 19.1. The Morgan fingerprint density at radius 1 is 1.26 bits per heavy atom. The standard InChI is InChI=1S/C14H16FN3O/c1-8-5-9(2)13(16-6-8)18-14(19)10(3)12(7-17-18)11(4)15/h5-7,11H,1-4H3. The lowest BCUT2D eigenvalue weighted by atomic mass is 10.1. The van der Waals surface area contributed by atoms with Gasteiger partial charge in [-0.05, 0) is 38.8 Å². The molecule has 2 rings (SSSR count). The van der Waals surface area contributed by atoms with Crippen LogP contribution in [-0.2, 0) is 0 Å². The molecule has 0 bridgehead atoms. The van der Waals surface area contributed by atoms with E-state index in [2.05, 4.69) is 10.1 Å². The molecule has 0 aromatic carbocycles. The molecule has 0 amide bonds. The van der Waals surface area contributed by atoms with Gasteiger partial charge in [0.05, 0.1) is 6.20 Å². The van der Waals surface area contributed by atoms with Gasteiger partial charge >= 0.3 is 0 Å². The Morgan fingerprint density at radius 3 is 2.53 bits per heavy atom. The van der Waals surface area contributed by atoms with E-state index in [0.29, 0.717) is 16.9 Å². The molecule has 4 nitrogen and oxygen atoms in total. The van der Waals surface area contributed by atoms with Gasteiger partial charge in [0.15, 0.2) is 5.82 Å². The van der Waals surface area contributed by atoms with Crippen LogP contribution in [-0.4, -0.2) is 14.8 Å². The zero-order valence-electron chi connectivity index (χ0n) is 11.4. The van der Waals surface area contributed by atoms with Gasteiger partial charge in [0, 0.05) is 17.3 Å². The Balaban J connectivity index is 2.65. The summed E-state index contributed by atoms with van der Waals surface area (Å²) in [6, 6.07) is 1.93. The van der Waals surface area contributed by atoms with Gasteiger partial charge in [-0.25, -0.2) is 9.37 Å². The monoisotopic (exact) mass is 261 g/mol. The molecule has 0 fully saturated rings. The van der Waals surface area contributed by atoms with E-state index in [1.807, 2.05) is 19.9 Å². The van der Waals surface area contributed by atoms with E-state index in [1.54, 1.807) is 13.1 Å². The summed E-state index contributed by atoms with van der Waals surface area (Å²) in [7, 11) is 0. The molecular formula is C14H16FN3O. The predicted molar refractivity (Wildman–Crippen MR) is 71.4 cm³/mol. The van der Waals surface area contributed by atoms with Crippen molar-refractivity contribution in [3.05, 3.63) is 51.1 Å². The number of alkyl halides is 1. The Labute approximate surface area is 110 Å². The lowest BCUT2D eigenvalue weighted by molar-refractivity contribution is 0.370. The van der Waals surface area contributed by atoms with E-state index in [0.717, 1.165) is 11.1 Å². The highest BCUT2D eigenvalue weighted by Gasteiger charge is 2.14. The van der Waals surface area contributed by atoms with E-state index in [4.69, 9.17) is 0 Å². The van der Waals surface area contributed by atoms with Gasteiger partial charge in [-0.15, -0.1) is 0 Å². The summed E-state index contributed by atoms with van der Waals surface area (Å²) in [6.07, 6.45) is 1.86. The normalized spacial score (nSPS) is 12.5. The van der Waals surface area contributed by atoms with Gasteiger partial charge in [0.1, 0.15) is 6.17 Å². The first-order valence-electron chi connectivity index (χ1n) is 6.08. The molecule has 1 unspecified atom stereocenters. The molecule has 0 saturated heterocycles. The van der Waals surface area contributed by atoms with E-state index < -0.39 is 6.17 Å². The van der Waals surface area contributed by atoms with E-state index in [-0.39, 0.29) is 5.56 Å². The summed E-state index contributed by atoms with van der Waals surface area (Å²) < 4.78 is 14.6. The molecule has 0 aliphatic rings. The zero-order chi connectivity index (χ0) is 14.2.